The molecule has 0 atom stereocenters. The summed E-state index contributed by atoms with van der Waals surface area (Å²) in [6.45, 7) is 0. The molecule has 3 aromatic rings. The summed E-state index contributed by atoms with van der Waals surface area (Å²) in [5.41, 5.74) is 1.21. The Morgan fingerprint density at radius 2 is 1.84 bits per heavy atom. The minimum absolute atomic E-state index is 0.0488. The molecule has 0 spiro atoms. The molecule has 1 aromatic heterocycles. The summed E-state index contributed by atoms with van der Waals surface area (Å²) in [6, 6.07) is 13.4. The van der Waals surface area contributed by atoms with E-state index >= 15 is 0 Å². The van der Waals surface area contributed by atoms with Crippen molar-refractivity contribution in [1.82, 2.24) is 20.5 Å². The van der Waals surface area contributed by atoms with Crippen LogP contribution in [0.5, 0.6) is 0 Å². The highest BCUT2D eigenvalue weighted by Crippen LogP contribution is 2.23. The van der Waals surface area contributed by atoms with Gasteiger partial charge in [-0.3, -0.25) is 14.7 Å². The Balaban J connectivity index is 1.35. The number of hydrogen-bond acceptors (Lipinski definition) is 5. The Morgan fingerprint density at radius 3 is 2.65 bits per heavy atom. The molecule has 0 radical (unpaired) electrons. The average molecular weight is 440 g/mol. The van der Waals surface area contributed by atoms with Gasteiger partial charge in [-0.2, -0.15) is 0 Å². The number of hydrogen-bond donors (Lipinski definition) is 3. The third-order valence-corrected chi connectivity index (χ3v) is 5.91. The first-order valence-corrected chi connectivity index (χ1v) is 11.1. The average Bonchev–Trinajstić information content (AvgIpc) is 3.45. The molecule has 2 amide bonds. The van der Waals surface area contributed by atoms with Gasteiger partial charge in [-0.1, -0.05) is 48.9 Å². The summed E-state index contributed by atoms with van der Waals surface area (Å²) in [6.07, 6.45) is 4.23. The highest BCUT2D eigenvalue weighted by Gasteiger charge is 2.20. The van der Waals surface area contributed by atoms with E-state index in [0.29, 0.717) is 27.8 Å². The number of aromatic nitrogens is 3. The van der Waals surface area contributed by atoms with E-state index in [1.807, 2.05) is 0 Å². The van der Waals surface area contributed by atoms with E-state index in [1.165, 1.54) is 6.07 Å². The van der Waals surface area contributed by atoms with Gasteiger partial charge < -0.3 is 10.6 Å². The second-order valence-corrected chi connectivity index (χ2v) is 8.23. The van der Waals surface area contributed by atoms with Gasteiger partial charge in [-0.15, -0.1) is 5.10 Å². The number of thioether (sulfide) groups is 1. The molecular weight excluding hydrogens is 417 g/mol. The van der Waals surface area contributed by atoms with Gasteiger partial charge in [0, 0.05) is 6.04 Å². The van der Waals surface area contributed by atoms with Crippen LogP contribution in [0.25, 0.3) is 11.4 Å². The van der Waals surface area contributed by atoms with Crippen LogP contribution in [0, 0.1) is 5.82 Å². The smallest absolute Gasteiger partial charge is 0.253 e. The predicted octanol–water partition coefficient (Wildman–Crippen LogP) is 4.01. The van der Waals surface area contributed by atoms with Crippen LogP contribution in [0.1, 0.15) is 36.0 Å². The molecule has 1 aliphatic rings. The Hall–Kier alpha value is -3.20. The van der Waals surface area contributed by atoms with Crippen molar-refractivity contribution in [2.45, 2.75) is 36.9 Å². The minimum Gasteiger partial charge on any atom is -0.349 e. The molecule has 4 rings (SSSR count). The molecule has 3 N–H and O–H groups in total. The van der Waals surface area contributed by atoms with E-state index in [0.717, 1.165) is 37.4 Å². The summed E-state index contributed by atoms with van der Waals surface area (Å²) in [5.74, 6) is -0.523. The first-order valence-electron chi connectivity index (χ1n) is 10.1. The Labute approximate surface area is 183 Å². The van der Waals surface area contributed by atoms with Crippen LogP contribution in [0.4, 0.5) is 10.1 Å². The number of nitrogens with zero attached hydrogens (tertiary/aromatic N) is 2. The number of aromatic amines is 1. The molecule has 7 nitrogen and oxygen atoms in total. The molecule has 2 aromatic carbocycles. The number of benzene rings is 2. The van der Waals surface area contributed by atoms with Crippen LogP contribution in [-0.4, -0.2) is 38.8 Å². The number of nitrogens with one attached hydrogen (secondary N) is 3. The SMILES string of the molecule is O=C(CSc1n[nH]c(-c2ccccc2F)n1)Nc1ccccc1C(=O)NC1CCCC1. The van der Waals surface area contributed by atoms with E-state index in [4.69, 9.17) is 0 Å². The Bertz CT molecular complexity index is 1080. The highest BCUT2D eigenvalue weighted by atomic mass is 32.2. The van der Waals surface area contributed by atoms with Gasteiger partial charge in [0.2, 0.25) is 11.1 Å². The third kappa shape index (κ3) is 5.29. The van der Waals surface area contributed by atoms with Gasteiger partial charge in [-0.25, -0.2) is 9.37 Å². The number of rotatable bonds is 7. The van der Waals surface area contributed by atoms with Crippen molar-refractivity contribution in [3.63, 3.8) is 0 Å². The van der Waals surface area contributed by atoms with E-state index in [9.17, 15) is 14.0 Å². The minimum atomic E-state index is -0.402. The maximum atomic E-state index is 13.9. The highest BCUT2D eigenvalue weighted by molar-refractivity contribution is 7.99. The zero-order valence-corrected chi connectivity index (χ0v) is 17.5. The predicted molar refractivity (Wildman–Crippen MR) is 117 cm³/mol. The van der Waals surface area contributed by atoms with Gasteiger partial charge in [-0.05, 0) is 37.1 Å². The largest absolute Gasteiger partial charge is 0.349 e. The molecule has 0 unspecified atom stereocenters. The molecule has 160 valence electrons. The van der Waals surface area contributed by atoms with Crippen molar-refractivity contribution in [3.8, 4) is 11.4 Å². The number of carbonyl (C=O) groups is 2. The van der Waals surface area contributed by atoms with E-state index in [-0.39, 0.29) is 23.6 Å². The monoisotopic (exact) mass is 439 g/mol. The van der Waals surface area contributed by atoms with Crippen LogP contribution < -0.4 is 10.6 Å². The molecule has 1 heterocycles. The van der Waals surface area contributed by atoms with E-state index in [2.05, 4.69) is 25.8 Å². The van der Waals surface area contributed by atoms with Gasteiger partial charge in [0.1, 0.15) is 5.82 Å². The van der Waals surface area contributed by atoms with Gasteiger partial charge in [0.25, 0.3) is 5.91 Å². The fraction of sp³-hybridized carbons (Fsp3) is 0.273. The molecule has 31 heavy (non-hydrogen) atoms. The maximum absolute atomic E-state index is 13.9. The zero-order chi connectivity index (χ0) is 21.6. The fourth-order valence-electron chi connectivity index (χ4n) is 3.52. The van der Waals surface area contributed by atoms with Crippen LogP contribution >= 0.6 is 11.8 Å². The number of carbonyl (C=O) groups excluding carboxylic acids is 2. The van der Waals surface area contributed by atoms with Crippen molar-refractivity contribution in [2.75, 3.05) is 11.1 Å². The molecule has 1 aliphatic carbocycles. The Kier molecular flexibility index (Phi) is 6.61. The summed E-state index contributed by atoms with van der Waals surface area (Å²) >= 11 is 1.12. The van der Waals surface area contributed by atoms with Crippen molar-refractivity contribution >= 4 is 29.3 Å². The quantitative estimate of drug-likeness (QED) is 0.483. The van der Waals surface area contributed by atoms with Crippen LogP contribution in [-0.2, 0) is 4.79 Å². The Morgan fingerprint density at radius 1 is 1.10 bits per heavy atom. The molecule has 9 heteroatoms. The van der Waals surface area contributed by atoms with Gasteiger partial charge in [0.15, 0.2) is 5.82 Å². The summed E-state index contributed by atoms with van der Waals surface area (Å²) < 4.78 is 13.9. The van der Waals surface area contributed by atoms with Crippen LogP contribution in [0.3, 0.4) is 0 Å². The first kappa shape index (κ1) is 21.0. The lowest BCUT2D eigenvalue weighted by Crippen LogP contribution is -2.33. The van der Waals surface area contributed by atoms with E-state index < -0.39 is 5.82 Å². The summed E-state index contributed by atoms with van der Waals surface area (Å²) in [5, 5.41) is 12.9. The van der Waals surface area contributed by atoms with Crippen LogP contribution in [0.2, 0.25) is 0 Å². The lowest BCUT2D eigenvalue weighted by atomic mass is 10.1. The molecular formula is C22H22FN5O2S. The molecule has 1 fully saturated rings. The summed E-state index contributed by atoms with van der Waals surface area (Å²) in [7, 11) is 0. The summed E-state index contributed by atoms with van der Waals surface area (Å²) in [4.78, 5) is 29.3. The lowest BCUT2D eigenvalue weighted by molar-refractivity contribution is -0.113. The molecule has 0 aliphatic heterocycles. The van der Waals surface area contributed by atoms with Crippen molar-refractivity contribution in [1.29, 1.82) is 0 Å². The van der Waals surface area contributed by atoms with Gasteiger partial charge >= 0.3 is 0 Å². The molecule has 0 bridgehead atoms. The lowest BCUT2D eigenvalue weighted by Gasteiger charge is -2.14. The first-order chi connectivity index (χ1) is 15.1. The molecule has 0 saturated heterocycles. The van der Waals surface area contributed by atoms with Gasteiger partial charge in [0.05, 0.1) is 22.6 Å². The standard InChI is InChI=1S/C22H22FN5O2S/c23-17-11-5-3-9-15(17)20-26-22(28-27-20)31-13-19(29)25-18-12-6-4-10-16(18)21(30)24-14-7-1-2-8-14/h3-6,9-12,14H,1-2,7-8,13H2,(H,24,30)(H,25,29)(H,26,27,28). The fourth-order valence-corrected chi connectivity index (χ4v) is 4.12. The maximum Gasteiger partial charge on any atom is 0.253 e. The number of H-pyrrole nitrogens is 1. The van der Waals surface area contributed by atoms with Crippen LogP contribution in [0.15, 0.2) is 53.7 Å². The second-order valence-electron chi connectivity index (χ2n) is 7.28. The number of halogens is 1. The van der Waals surface area contributed by atoms with Crippen molar-refractivity contribution < 1.29 is 14.0 Å². The van der Waals surface area contributed by atoms with Crippen molar-refractivity contribution in [2.24, 2.45) is 0 Å². The van der Waals surface area contributed by atoms with Crippen molar-refractivity contribution in [3.05, 3.63) is 59.9 Å². The number of amides is 2. The zero-order valence-electron chi connectivity index (χ0n) is 16.7. The second kappa shape index (κ2) is 9.74. The number of para-hydroxylation sites is 1. The third-order valence-electron chi connectivity index (χ3n) is 5.06. The molecule has 1 saturated carbocycles. The normalized spacial score (nSPS) is 13.8. The number of anilines is 1. The topological polar surface area (TPSA) is 99.8 Å². The van der Waals surface area contributed by atoms with E-state index in [1.54, 1.807) is 42.5 Å².